The molecule has 2 fully saturated rings. The lowest BCUT2D eigenvalue weighted by Crippen LogP contribution is -2.47. The van der Waals surface area contributed by atoms with Crippen LogP contribution < -0.4 is 5.32 Å². The number of nitrogens with one attached hydrogen (secondary N) is 1. The zero-order valence-corrected chi connectivity index (χ0v) is 11.3. The maximum atomic E-state index is 11.3. The van der Waals surface area contributed by atoms with Gasteiger partial charge in [0.05, 0.1) is 7.11 Å². The highest BCUT2D eigenvalue weighted by atomic mass is 35.5. The molecule has 17 heavy (non-hydrogen) atoms. The van der Waals surface area contributed by atoms with Gasteiger partial charge < -0.3 is 15.0 Å². The number of hydrogen-bond donors (Lipinski definition) is 1. The monoisotopic (exact) mass is 262 g/mol. The molecule has 0 spiro atoms. The van der Waals surface area contributed by atoms with Crippen LogP contribution in [0.1, 0.15) is 38.5 Å². The summed E-state index contributed by atoms with van der Waals surface area (Å²) < 4.78 is 4.72. The number of ether oxygens (including phenoxy) is 1. The van der Waals surface area contributed by atoms with Gasteiger partial charge in [0.2, 0.25) is 0 Å². The number of hydrogen-bond acceptors (Lipinski definition) is 3. The van der Waals surface area contributed by atoms with Crippen molar-refractivity contribution in [3.05, 3.63) is 0 Å². The number of carbonyl (C=O) groups excluding carboxylic acids is 1. The number of carbonyl (C=O) groups is 1. The Bertz CT molecular complexity index is 237. The second-order valence-electron chi connectivity index (χ2n) is 4.88. The molecule has 0 unspecified atom stereocenters. The molecule has 0 bridgehead atoms. The molecule has 1 heterocycles. The summed E-state index contributed by atoms with van der Waals surface area (Å²) in [6.07, 6.45) is 7.35. The van der Waals surface area contributed by atoms with Crippen molar-refractivity contribution in [3.8, 4) is 0 Å². The average molecular weight is 263 g/mol. The first-order valence-electron chi connectivity index (χ1n) is 6.38. The fourth-order valence-electron chi connectivity index (χ4n) is 2.78. The van der Waals surface area contributed by atoms with Crippen LogP contribution in [-0.2, 0) is 4.74 Å². The Morgan fingerprint density at radius 2 is 1.65 bits per heavy atom. The molecule has 1 aliphatic heterocycles. The van der Waals surface area contributed by atoms with Gasteiger partial charge in [-0.15, -0.1) is 12.4 Å². The van der Waals surface area contributed by atoms with Gasteiger partial charge in [0, 0.05) is 25.2 Å². The third-order valence-electron chi connectivity index (χ3n) is 3.75. The summed E-state index contributed by atoms with van der Waals surface area (Å²) in [7, 11) is 1.45. The molecule has 5 heteroatoms. The van der Waals surface area contributed by atoms with Crippen molar-refractivity contribution in [2.45, 2.75) is 50.6 Å². The Balaban J connectivity index is 0.00000144. The second kappa shape index (κ2) is 7.07. The van der Waals surface area contributed by atoms with Crippen LogP contribution in [0.4, 0.5) is 4.79 Å². The zero-order chi connectivity index (χ0) is 11.4. The normalized spacial score (nSPS) is 22.3. The molecular weight excluding hydrogens is 240 g/mol. The molecule has 0 aromatic heterocycles. The number of rotatable bonds is 2. The molecule has 0 aromatic carbocycles. The van der Waals surface area contributed by atoms with Crippen molar-refractivity contribution < 1.29 is 9.53 Å². The largest absolute Gasteiger partial charge is 0.453 e. The van der Waals surface area contributed by atoms with Gasteiger partial charge in [-0.1, -0.05) is 12.8 Å². The van der Waals surface area contributed by atoms with E-state index in [9.17, 15) is 4.79 Å². The predicted octanol–water partition coefficient (Wildman–Crippen LogP) is 2.17. The minimum absolute atomic E-state index is 0. The molecule has 1 aliphatic carbocycles. The summed E-state index contributed by atoms with van der Waals surface area (Å²) in [6, 6.07) is 1.33. The first-order chi connectivity index (χ1) is 7.79. The van der Waals surface area contributed by atoms with Crippen molar-refractivity contribution in [2.24, 2.45) is 0 Å². The highest BCUT2D eigenvalue weighted by Gasteiger charge is 2.25. The van der Waals surface area contributed by atoms with E-state index in [1.807, 2.05) is 0 Å². The molecule has 1 N–H and O–H groups in total. The van der Waals surface area contributed by atoms with Crippen molar-refractivity contribution in [1.29, 1.82) is 0 Å². The lowest BCUT2D eigenvalue weighted by atomic mass is 10.0. The van der Waals surface area contributed by atoms with Gasteiger partial charge in [0.1, 0.15) is 0 Å². The maximum absolute atomic E-state index is 11.3. The van der Waals surface area contributed by atoms with Crippen LogP contribution in [0.25, 0.3) is 0 Å². The average Bonchev–Trinajstić information content (AvgIpc) is 2.82. The maximum Gasteiger partial charge on any atom is 0.409 e. The van der Waals surface area contributed by atoms with Crippen molar-refractivity contribution in [1.82, 2.24) is 10.2 Å². The highest BCUT2D eigenvalue weighted by Crippen LogP contribution is 2.20. The fourth-order valence-corrected chi connectivity index (χ4v) is 2.78. The quantitative estimate of drug-likeness (QED) is 0.829. The molecule has 0 aromatic rings. The van der Waals surface area contributed by atoms with E-state index < -0.39 is 0 Å². The number of likely N-dealkylation sites (tertiary alicyclic amines) is 1. The first kappa shape index (κ1) is 14.6. The molecule has 1 amide bonds. The van der Waals surface area contributed by atoms with E-state index in [-0.39, 0.29) is 18.5 Å². The van der Waals surface area contributed by atoms with Crippen LogP contribution in [0.2, 0.25) is 0 Å². The lowest BCUT2D eigenvalue weighted by molar-refractivity contribution is 0.109. The number of amides is 1. The minimum Gasteiger partial charge on any atom is -0.453 e. The number of halogens is 1. The number of methoxy groups -OCH3 is 1. The summed E-state index contributed by atoms with van der Waals surface area (Å²) in [4.78, 5) is 13.1. The van der Waals surface area contributed by atoms with E-state index >= 15 is 0 Å². The van der Waals surface area contributed by atoms with Crippen molar-refractivity contribution in [3.63, 3.8) is 0 Å². The van der Waals surface area contributed by atoms with E-state index in [4.69, 9.17) is 4.74 Å². The van der Waals surface area contributed by atoms with Gasteiger partial charge in [-0.3, -0.25) is 0 Å². The third kappa shape index (κ3) is 4.03. The zero-order valence-electron chi connectivity index (χ0n) is 10.5. The van der Waals surface area contributed by atoms with Crippen molar-refractivity contribution >= 4 is 18.5 Å². The number of nitrogens with zero attached hydrogens (tertiary/aromatic N) is 1. The summed E-state index contributed by atoms with van der Waals surface area (Å²) in [6.45, 7) is 1.66. The number of piperidine rings is 1. The lowest BCUT2D eigenvalue weighted by Gasteiger charge is -2.33. The van der Waals surface area contributed by atoms with Crippen LogP contribution in [0.15, 0.2) is 0 Å². The molecule has 2 rings (SSSR count). The van der Waals surface area contributed by atoms with E-state index in [2.05, 4.69) is 5.32 Å². The Hall–Kier alpha value is -0.480. The van der Waals surface area contributed by atoms with Gasteiger partial charge in [-0.2, -0.15) is 0 Å². The Kier molecular flexibility index (Phi) is 6.06. The van der Waals surface area contributed by atoms with Gasteiger partial charge in [-0.25, -0.2) is 4.79 Å². The summed E-state index contributed by atoms with van der Waals surface area (Å²) >= 11 is 0. The second-order valence-corrected chi connectivity index (χ2v) is 4.88. The van der Waals surface area contributed by atoms with E-state index in [0.717, 1.165) is 32.0 Å². The van der Waals surface area contributed by atoms with Gasteiger partial charge >= 0.3 is 6.09 Å². The van der Waals surface area contributed by atoms with Crippen molar-refractivity contribution in [2.75, 3.05) is 20.2 Å². The van der Waals surface area contributed by atoms with Crippen LogP contribution in [0.5, 0.6) is 0 Å². The Morgan fingerprint density at radius 3 is 2.18 bits per heavy atom. The molecule has 0 radical (unpaired) electrons. The van der Waals surface area contributed by atoms with E-state index in [1.54, 1.807) is 4.90 Å². The molecule has 100 valence electrons. The van der Waals surface area contributed by atoms with Crippen LogP contribution in [0, 0.1) is 0 Å². The highest BCUT2D eigenvalue weighted by molar-refractivity contribution is 5.85. The van der Waals surface area contributed by atoms with Crippen LogP contribution >= 0.6 is 12.4 Å². The predicted molar refractivity (Wildman–Crippen MR) is 69.6 cm³/mol. The minimum atomic E-state index is -0.181. The summed E-state index contributed by atoms with van der Waals surface area (Å²) in [5.74, 6) is 0. The molecule has 1 saturated carbocycles. The molecular formula is C12H23ClN2O2. The van der Waals surface area contributed by atoms with E-state index in [0.29, 0.717) is 6.04 Å². The van der Waals surface area contributed by atoms with Gasteiger partial charge in [0.15, 0.2) is 0 Å². The van der Waals surface area contributed by atoms with Gasteiger partial charge in [-0.05, 0) is 25.7 Å². The fraction of sp³-hybridized carbons (Fsp3) is 0.917. The van der Waals surface area contributed by atoms with E-state index in [1.165, 1.54) is 32.8 Å². The van der Waals surface area contributed by atoms with Gasteiger partial charge in [0.25, 0.3) is 0 Å². The molecule has 0 atom stereocenters. The first-order valence-corrected chi connectivity index (χ1v) is 6.38. The Labute approximate surface area is 109 Å². The topological polar surface area (TPSA) is 41.6 Å². The third-order valence-corrected chi connectivity index (χ3v) is 3.75. The van der Waals surface area contributed by atoms with Crippen LogP contribution in [-0.4, -0.2) is 43.3 Å². The summed E-state index contributed by atoms with van der Waals surface area (Å²) in [5.41, 5.74) is 0. The van der Waals surface area contributed by atoms with Crippen LogP contribution in [0.3, 0.4) is 0 Å². The molecule has 2 aliphatic rings. The summed E-state index contributed by atoms with van der Waals surface area (Å²) in [5, 5.41) is 3.72. The molecule has 4 nitrogen and oxygen atoms in total. The Morgan fingerprint density at radius 1 is 1.12 bits per heavy atom. The standard InChI is InChI=1S/C12H22N2O2.ClH/c1-16-12(15)14-8-6-11(7-9-14)13-10-4-2-3-5-10;/h10-11,13H,2-9H2,1H3;1H. The SMILES string of the molecule is COC(=O)N1CCC(NC2CCCC2)CC1.Cl. The smallest absolute Gasteiger partial charge is 0.409 e. The molecule has 1 saturated heterocycles.